The Hall–Kier alpha value is -3.07. The predicted molar refractivity (Wildman–Crippen MR) is 110 cm³/mol. The highest BCUT2D eigenvalue weighted by molar-refractivity contribution is 7.92. The van der Waals surface area contributed by atoms with Crippen molar-refractivity contribution < 1.29 is 22.7 Å². The quantitative estimate of drug-likeness (QED) is 0.650. The summed E-state index contributed by atoms with van der Waals surface area (Å²) in [6.07, 6.45) is 0.757. The third-order valence-corrected chi connectivity index (χ3v) is 5.82. The van der Waals surface area contributed by atoms with Crippen molar-refractivity contribution in [3.63, 3.8) is 0 Å². The third kappa shape index (κ3) is 6.21. The summed E-state index contributed by atoms with van der Waals surface area (Å²) < 4.78 is 32.5. The minimum Gasteiger partial charge on any atom is -0.484 e. The number of benzene rings is 2. The molecule has 0 aliphatic heterocycles. The van der Waals surface area contributed by atoms with E-state index in [1.165, 1.54) is 28.6 Å². The second-order valence-electron chi connectivity index (χ2n) is 6.07. The van der Waals surface area contributed by atoms with E-state index in [2.05, 4.69) is 10.6 Å². The van der Waals surface area contributed by atoms with Crippen LogP contribution in [0.3, 0.4) is 0 Å². The SMILES string of the molecule is CCCNC(=O)NC(=O)COc1ccc(S(=O)(=O)N(CC)c2ccccc2)cc1. The van der Waals surface area contributed by atoms with Gasteiger partial charge < -0.3 is 10.1 Å². The minimum absolute atomic E-state index is 0.110. The highest BCUT2D eigenvalue weighted by Crippen LogP contribution is 2.24. The molecule has 2 aromatic rings. The Morgan fingerprint density at radius 3 is 2.24 bits per heavy atom. The van der Waals surface area contributed by atoms with E-state index in [1.807, 2.05) is 13.0 Å². The van der Waals surface area contributed by atoms with Crippen molar-refractivity contribution in [2.24, 2.45) is 0 Å². The van der Waals surface area contributed by atoms with Gasteiger partial charge in [0.15, 0.2) is 6.61 Å². The highest BCUT2D eigenvalue weighted by Gasteiger charge is 2.23. The Kier molecular flexibility index (Phi) is 8.02. The molecule has 0 saturated carbocycles. The van der Waals surface area contributed by atoms with Gasteiger partial charge in [-0.05, 0) is 49.7 Å². The van der Waals surface area contributed by atoms with Gasteiger partial charge in [0.25, 0.3) is 15.9 Å². The van der Waals surface area contributed by atoms with Gasteiger partial charge in [-0.1, -0.05) is 25.1 Å². The largest absolute Gasteiger partial charge is 0.484 e. The maximum Gasteiger partial charge on any atom is 0.321 e. The summed E-state index contributed by atoms with van der Waals surface area (Å²) in [5.41, 5.74) is 0.577. The van der Waals surface area contributed by atoms with Crippen molar-refractivity contribution >= 4 is 27.6 Å². The molecule has 8 nitrogen and oxygen atoms in total. The number of nitrogens with zero attached hydrogens (tertiary/aromatic N) is 1. The molecule has 0 unspecified atom stereocenters. The molecule has 0 spiro atoms. The van der Waals surface area contributed by atoms with Crippen molar-refractivity contribution in [2.75, 3.05) is 24.0 Å². The number of carbonyl (C=O) groups is 2. The van der Waals surface area contributed by atoms with Crippen molar-refractivity contribution in [3.8, 4) is 5.75 Å². The van der Waals surface area contributed by atoms with Gasteiger partial charge in [0.05, 0.1) is 10.6 Å². The maximum atomic E-state index is 12.9. The van der Waals surface area contributed by atoms with Crippen molar-refractivity contribution in [3.05, 3.63) is 54.6 Å². The molecule has 0 heterocycles. The number of urea groups is 1. The first kappa shape index (κ1) is 22.2. The van der Waals surface area contributed by atoms with Crippen molar-refractivity contribution in [1.82, 2.24) is 10.6 Å². The normalized spacial score (nSPS) is 10.8. The second kappa shape index (κ2) is 10.5. The molecule has 156 valence electrons. The van der Waals surface area contributed by atoms with Gasteiger partial charge in [-0.25, -0.2) is 13.2 Å². The summed E-state index contributed by atoms with van der Waals surface area (Å²) in [6.45, 7) is 4.04. The molecule has 9 heteroatoms. The van der Waals surface area contributed by atoms with Crippen molar-refractivity contribution in [1.29, 1.82) is 0 Å². The zero-order chi connectivity index (χ0) is 21.3. The van der Waals surface area contributed by atoms with E-state index in [-0.39, 0.29) is 18.0 Å². The maximum absolute atomic E-state index is 12.9. The number of rotatable bonds is 9. The van der Waals surface area contributed by atoms with E-state index in [1.54, 1.807) is 31.2 Å². The molecule has 0 aromatic heterocycles. The number of para-hydroxylation sites is 1. The molecule has 0 saturated heterocycles. The van der Waals surface area contributed by atoms with E-state index < -0.39 is 22.0 Å². The number of amides is 3. The molecular formula is C20H25N3O5S. The molecule has 0 bridgehead atoms. The highest BCUT2D eigenvalue weighted by atomic mass is 32.2. The smallest absolute Gasteiger partial charge is 0.321 e. The fourth-order valence-electron chi connectivity index (χ4n) is 2.51. The summed E-state index contributed by atoms with van der Waals surface area (Å²) in [7, 11) is -3.73. The number of hydrogen-bond acceptors (Lipinski definition) is 5. The molecular weight excluding hydrogens is 394 g/mol. The number of sulfonamides is 1. The summed E-state index contributed by atoms with van der Waals surface area (Å²) in [5, 5.41) is 4.66. The van der Waals surface area contributed by atoms with Crippen LogP contribution in [0.25, 0.3) is 0 Å². The molecule has 29 heavy (non-hydrogen) atoms. The van der Waals surface area contributed by atoms with Crippen LogP contribution < -0.4 is 19.7 Å². The van der Waals surface area contributed by atoms with Crippen LogP contribution in [-0.4, -0.2) is 40.1 Å². The first-order valence-electron chi connectivity index (χ1n) is 9.26. The van der Waals surface area contributed by atoms with Gasteiger partial charge in [0.2, 0.25) is 0 Å². The Balaban J connectivity index is 2.00. The predicted octanol–water partition coefficient (Wildman–Crippen LogP) is 2.52. The monoisotopic (exact) mass is 419 g/mol. The zero-order valence-electron chi connectivity index (χ0n) is 16.4. The Bertz CT molecular complexity index is 915. The van der Waals surface area contributed by atoms with Crippen molar-refractivity contribution in [2.45, 2.75) is 25.2 Å². The number of nitrogens with one attached hydrogen (secondary N) is 2. The molecule has 0 fully saturated rings. The van der Waals surface area contributed by atoms with Crippen LogP contribution >= 0.6 is 0 Å². The van der Waals surface area contributed by atoms with Crippen LogP contribution in [0.4, 0.5) is 10.5 Å². The Morgan fingerprint density at radius 2 is 1.66 bits per heavy atom. The van der Waals surface area contributed by atoms with Gasteiger partial charge >= 0.3 is 6.03 Å². The van der Waals surface area contributed by atoms with Gasteiger partial charge in [-0.15, -0.1) is 0 Å². The molecule has 2 N–H and O–H groups in total. The van der Waals surface area contributed by atoms with E-state index in [4.69, 9.17) is 4.74 Å². The topological polar surface area (TPSA) is 105 Å². The lowest BCUT2D eigenvalue weighted by molar-refractivity contribution is -0.122. The molecule has 0 atom stereocenters. The number of imide groups is 1. The van der Waals surface area contributed by atoms with Gasteiger partial charge in [0, 0.05) is 13.1 Å². The average molecular weight is 420 g/mol. The fraction of sp³-hybridized carbons (Fsp3) is 0.300. The van der Waals surface area contributed by atoms with E-state index >= 15 is 0 Å². The van der Waals surface area contributed by atoms with Crippen LogP contribution in [0.15, 0.2) is 59.5 Å². The summed E-state index contributed by atoms with van der Waals surface area (Å²) in [6, 6.07) is 14.0. The Labute approximate surface area is 170 Å². The van der Waals surface area contributed by atoms with Crippen LogP contribution in [0.1, 0.15) is 20.3 Å². The standard InChI is InChI=1S/C20H25N3O5S/c1-3-14-21-20(25)22-19(24)15-28-17-10-12-18(13-11-17)29(26,27)23(4-2)16-8-6-5-7-9-16/h5-13H,3-4,14-15H2,1-2H3,(H2,21,22,24,25). The third-order valence-electron chi connectivity index (χ3n) is 3.90. The first-order valence-corrected chi connectivity index (χ1v) is 10.7. The van der Waals surface area contributed by atoms with E-state index in [0.717, 1.165) is 6.42 Å². The molecule has 2 rings (SSSR count). The lowest BCUT2D eigenvalue weighted by Gasteiger charge is -2.23. The number of hydrogen-bond donors (Lipinski definition) is 2. The van der Waals surface area contributed by atoms with Crippen LogP contribution in [-0.2, 0) is 14.8 Å². The molecule has 0 aliphatic carbocycles. The van der Waals surface area contributed by atoms with Gasteiger partial charge in [-0.2, -0.15) is 0 Å². The second-order valence-corrected chi connectivity index (χ2v) is 7.93. The zero-order valence-corrected chi connectivity index (χ0v) is 17.2. The van der Waals surface area contributed by atoms with Crippen LogP contribution in [0.2, 0.25) is 0 Å². The number of carbonyl (C=O) groups excluding carboxylic acids is 2. The molecule has 3 amide bonds. The summed E-state index contributed by atoms with van der Waals surface area (Å²) in [4.78, 5) is 23.2. The molecule has 0 aliphatic rings. The first-order chi connectivity index (χ1) is 13.9. The van der Waals surface area contributed by atoms with Gasteiger partial charge in [-0.3, -0.25) is 14.4 Å². The lowest BCUT2D eigenvalue weighted by Crippen LogP contribution is -2.41. The number of ether oxygens (including phenoxy) is 1. The van der Waals surface area contributed by atoms with E-state index in [0.29, 0.717) is 18.0 Å². The van der Waals surface area contributed by atoms with Crippen LogP contribution in [0, 0.1) is 0 Å². The van der Waals surface area contributed by atoms with Gasteiger partial charge in [0.1, 0.15) is 5.75 Å². The summed E-state index contributed by atoms with van der Waals surface area (Å²) >= 11 is 0. The number of anilines is 1. The fourth-order valence-corrected chi connectivity index (χ4v) is 3.99. The minimum atomic E-state index is -3.73. The summed E-state index contributed by atoms with van der Waals surface area (Å²) in [5.74, 6) is -0.285. The molecule has 0 radical (unpaired) electrons. The Morgan fingerprint density at radius 1 is 1.00 bits per heavy atom. The average Bonchev–Trinajstić information content (AvgIpc) is 2.72. The van der Waals surface area contributed by atoms with E-state index in [9.17, 15) is 18.0 Å². The lowest BCUT2D eigenvalue weighted by atomic mass is 10.3. The molecule has 2 aromatic carbocycles. The van der Waals surface area contributed by atoms with Crippen LogP contribution in [0.5, 0.6) is 5.75 Å².